The summed E-state index contributed by atoms with van der Waals surface area (Å²) in [7, 11) is 3.43. The van der Waals surface area contributed by atoms with E-state index in [1.54, 1.807) is 26.2 Å². The van der Waals surface area contributed by atoms with Gasteiger partial charge in [-0.3, -0.25) is 9.59 Å². The van der Waals surface area contributed by atoms with Gasteiger partial charge in [0.1, 0.15) is 0 Å². The van der Waals surface area contributed by atoms with E-state index in [0.717, 1.165) is 17.7 Å². The minimum atomic E-state index is -0.524. The molecule has 6 nitrogen and oxygen atoms in total. The second kappa shape index (κ2) is 7.06. The molecule has 1 aliphatic rings. The van der Waals surface area contributed by atoms with Crippen LogP contribution in [0.25, 0.3) is 0 Å². The molecule has 1 heterocycles. The quantitative estimate of drug-likeness (QED) is 0.897. The maximum atomic E-state index is 12.0. The molecule has 22 heavy (non-hydrogen) atoms. The molecule has 0 saturated heterocycles. The van der Waals surface area contributed by atoms with Crippen LogP contribution in [0.2, 0.25) is 0 Å². The van der Waals surface area contributed by atoms with Gasteiger partial charge >= 0.3 is 0 Å². The van der Waals surface area contributed by atoms with Crippen molar-refractivity contribution in [3.63, 3.8) is 0 Å². The van der Waals surface area contributed by atoms with Crippen LogP contribution in [0.4, 0.5) is 0 Å². The van der Waals surface area contributed by atoms with E-state index in [0.29, 0.717) is 18.5 Å². The van der Waals surface area contributed by atoms with Crippen LogP contribution in [0.15, 0.2) is 29.4 Å². The Morgan fingerprint density at radius 2 is 2.00 bits per heavy atom. The zero-order valence-corrected chi connectivity index (χ0v) is 13.1. The van der Waals surface area contributed by atoms with Crippen molar-refractivity contribution in [3.8, 4) is 0 Å². The molecule has 0 fully saturated rings. The zero-order valence-electron chi connectivity index (χ0n) is 13.1. The number of rotatable bonds is 5. The molecular weight excluding hydrogens is 282 g/mol. The summed E-state index contributed by atoms with van der Waals surface area (Å²) in [5.74, 6) is -0.208. The zero-order chi connectivity index (χ0) is 16.1. The van der Waals surface area contributed by atoms with Gasteiger partial charge in [0, 0.05) is 32.6 Å². The topological polar surface area (TPSA) is 71.0 Å². The smallest absolute Gasteiger partial charge is 0.264 e. The van der Waals surface area contributed by atoms with Crippen LogP contribution >= 0.6 is 0 Å². The molecule has 1 atom stereocenters. The number of oxime groups is 1. The Bertz CT molecular complexity index is 579. The van der Waals surface area contributed by atoms with E-state index >= 15 is 0 Å². The number of benzene rings is 1. The maximum absolute atomic E-state index is 12.0. The molecule has 6 heteroatoms. The minimum Gasteiger partial charge on any atom is -0.382 e. The Kier molecular flexibility index (Phi) is 5.14. The molecule has 2 amide bonds. The summed E-state index contributed by atoms with van der Waals surface area (Å²) >= 11 is 0. The van der Waals surface area contributed by atoms with Crippen LogP contribution in [0, 0.1) is 0 Å². The molecule has 0 aromatic heterocycles. The third kappa shape index (κ3) is 3.84. The van der Waals surface area contributed by atoms with Crippen LogP contribution in [-0.4, -0.2) is 42.6 Å². The van der Waals surface area contributed by atoms with Crippen molar-refractivity contribution in [1.29, 1.82) is 0 Å². The van der Waals surface area contributed by atoms with Gasteiger partial charge in [0.2, 0.25) is 6.10 Å². The molecule has 0 saturated carbocycles. The number of carbonyl (C=O) groups excluding carboxylic acids is 2. The van der Waals surface area contributed by atoms with Crippen molar-refractivity contribution in [3.05, 3.63) is 35.4 Å². The molecule has 118 valence electrons. The molecular formula is C16H21N3O3. The van der Waals surface area contributed by atoms with Crippen molar-refractivity contribution in [2.75, 3.05) is 14.1 Å². The predicted molar refractivity (Wildman–Crippen MR) is 83.5 cm³/mol. The summed E-state index contributed by atoms with van der Waals surface area (Å²) < 4.78 is 0. The number of nitrogens with zero attached hydrogens (tertiary/aromatic N) is 2. The first-order valence-corrected chi connectivity index (χ1v) is 7.31. The highest BCUT2D eigenvalue weighted by Crippen LogP contribution is 2.13. The van der Waals surface area contributed by atoms with Crippen LogP contribution in [0.1, 0.15) is 35.7 Å². The Morgan fingerprint density at radius 1 is 1.32 bits per heavy atom. The second-order valence-electron chi connectivity index (χ2n) is 5.42. The van der Waals surface area contributed by atoms with Crippen molar-refractivity contribution >= 4 is 17.5 Å². The lowest BCUT2D eigenvalue weighted by atomic mass is 10.1. The van der Waals surface area contributed by atoms with E-state index in [1.165, 1.54) is 4.90 Å². The number of nitrogens with one attached hydrogen (secondary N) is 1. The fourth-order valence-electron chi connectivity index (χ4n) is 2.10. The first-order chi connectivity index (χ1) is 10.5. The summed E-state index contributed by atoms with van der Waals surface area (Å²) in [6.45, 7) is 2.38. The number of hydrogen-bond donors (Lipinski definition) is 1. The largest absolute Gasteiger partial charge is 0.382 e. The summed E-state index contributed by atoms with van der Waals surface area (Å²) in [5.41, 5.74) is 2.46. The SMILES string of the molecule is CCC1=NO[C@@H](C(=O)NCc2ccc(C(=O)N(C)C)cc2)C1. The maximum Gasteiger partial charge on any atom is 0.264 e. The van der Waals surface area contributed by atoms with Gasteiger partial charge in [0.25, 0.3) is 11.8 Å². The Hall–Kier alpha value is -2.37. The van der Waals surface area contributed by atoms with Crippen LogP contribution in [-0.2, 0) is 16.2 Å². The average molecular weight is 303 g/mol. The van der Waals surface area contributed by atoms with Crippen molar-refractivity contribution in [2.45, 2.75) is 32.4 Å². The Labute approximate surface area is 130 Å². The average Bonchev–Trinajstić information content (AvgIpc) is 3.01. The van der Waals surface area contributed by atoms with E-state index in [9.17, 15) is 9.59 Å². The number of amides is 2. The summed E-state index contributed by atoms with van der Waals surface area (Å²) in [6.07, 6.45) is 0.827. The van der Waals surface area contributed by atoms with Gasteiger partial charge in [-0.15, -0.1) is 0 Å². The van der Waals surface area contributed by atoms with Crippen LogP contribution in [0.3, 0.4) is 0 Å². The van der Waals surface area contributed by atoms with E-state index in [4.69, 9.17) is 4.84 Å². The molecule has 0 spiro atoms. The van der Waals surface area contributed by atoms with Crippen LogP contribution in [0.5, 0.6) is 0 Å². The molecule has 0 aliphatic carbocycles. The van der Waals surface area contributed by atoms with Gasteiger partial charge in [0.15, 0.2) is 0 Å². The third-order valence-electron chi connectivity index (χ3n) is 3.50. The third-order valence-corrected chi connectivity index (χ3v) is 3.50. The summed E-state index contributed by atoms with van der Waals surface area (Å²) in [6, 6.07) is 7.18. The van der Waals surface area contributed by atoms with Crippen LogP contribution < -0.4 is 5.32 Å². The van der Waals surface area contributed by atoms with Crippen molar-refractivity contribution in [2.24, 2.45) is 5.16 Å². The first kappa shape index (κ1) is 16.0. The monoisotopic (exact) mass is 303 g/mol. The molecule has 2 rings (SSSR count). The highest BCUT2D eigenvalue weighted by Gasteiger charge is 2.26. The molecule has 1 N–H and O–H groups in total. The van der Waals surface area contributed by atoms with E-state index < -0.39 is 6.10 Å². The minimum absolute atomic E-state index is 0.0424. The van der Waals surface area contributed by atoms with Gasteiger partial charge in [-0.25, -0.2) is 0 Å². The lowest BCUT2D eigenvalue weighted by molar-refractivity contribution is -0.131. The van der Waals surface area contributed by atoms with Gasteiger partial charge in [-0.05, 0) is 24.1 Å². The van der Waals surface area contributed by atoms with E-state index in [1.807, 2.05) is 19.1 Å². The lowest BCUT2D eigenvalue weighted by Gasteiger charge is -2.12. The second-order valence-corrected chi connectivity index (χ2v) is 5.42. The predicted octanol–water partition coefficient (Wildman–Crippen LogP) is 1.56. The molecule has 0 radical (unpaired) electrons. The van der Waals surface area contributed by atoms with E-state index in [-0.39, 0.29) is 11.8 Å². The highest BCUT2D eigenvalue weighted by molar-refractivity contribution is 5.94. The fourth-order valence-corrected chi connectivity index (χ4v) is 2.10. The normalized spacial score (nSPS) is 16.7. The van der Waals surface area contributed by atoms with Crippen molar-refractivity contribution < 1.29 is 14.4 Å². The van der Waals surface area contributed by atoms with Gasteiger partial charge in [-0.1, -0.05) is 24.2 Å². The highest BCUT2D eigenvalue weighted by atomic mass is 16.6. The van der Waals surface area contributed by atoms with Crippen molar-refractivity contribution in [1.82, 2.24) is 10.2 Å². The number of hydrogen-bond acceptors (Lipinski definition) is 4. The Morgan fingerprint density at radius 3 is 2.55 bits per heavy atom. The molecule has 0 unspecified atom stereocenters. The molecule has 1 aromatic rings. The molecule has 1 aromatic carbocycles. The van der Waals surface area contributed by atoms with E-state index in [2.05, 4.69) is 10.5 Å². The first-order valence-electron chi connectivity index (χ1n) is 7.31. The lowest BCUT2D eigenvalue weighted by Crippen LogP contribution is -2.34. The Balaban J connectivity index is 1.85. The van der Waals surface area contributed by atoms with Gasteiger partial charge < -0.3 is 15.1 Å². The fraction of sp³-hybridized carbons (Fsp3) is 0.438. The number of carbonyl (C=O) groups is 2. The summed E-state index contributed by atoms with van der Waals surface area (Å²) in [5, 5.41) is 6.70. The molecule has 0 bridgehead atoms. The van der Waals surface area contributed by atoms with Gasteiger partial charge in [0.05, 0.1) is 5.71 Å². The summed E-state index contributed by atoms with van der Waals surface area (Å²) in [4.78, 5) is 30.4. The standard InChI is InChI=1S/C16H21N3O3/c1-4-13-9-14(22-18-13)15(20)17-10-11-5-7-12(8-6-11)16(21)19(2)3/h5-8,14H,4,9-10H2,1-3H3,(H,17,20)/t14-/m1/s1. The molecule has 1 aliphatic heterocycles. The van der Waals surface area contributed by atoms with Gasteiger partial charge in [-0.2, -0.15) is 0 Å².